The molecule has 7 heteroatoms. The Morgan fingerprint density at radius 3 is 2.59 bits per heavy atom. The molecule has 1 aromatic heterocycles. The predicted octanol–water partition coefficient (Wildman–Crippen LogP) is 2.37. The summed E-state index contributed by atoms with van der Waals surface area (Å²) in [6, 6.07) is 11.5. The van der Waals surface area contributed by atoms with E-state index in [0.717, 1.165) is 5.39 Å². The van der Waals surface area contributed by atoms with E-state index in [1.54, 1.807) is 18.2 Å². The molecular weight excluding hydrogens is 347 g/mol. The van der Waals surface area contributed by atoms with E-state index >= 15 is 0 Å². The molecule has 0 saturated heterocycles. The fourth-order valence-electron chi connectivity index (χ4n) is 2.64. The number of nitrogens with two attached hydrogens (primary N) is 1. The molecule has 0 unspecified atom stereocenters. The van der Waals surface area contributed by atoms with Crippen LogP contribution in [0.5, 0.6) is 0 Å². The lowest BCUT2D eigenvalue weighted by molar-refractivity contribution is 0.0950. The molecule has 0 aliphatic carbocycles. The van der Waals surface area contributed by atoms with Gasteiger partial charge in [-0.05, 0) is 23.8 Å². The van der Waals surface area contributed by atoms with Crippen molar-refractivity contribution < 1.29 is 9.18 Å². The van der Waals surface area contributed by atoms with Crippen molar-refractivity contribution in [2.24, 2.45) is 5.73 Å². The number of fused-ring (bicyclic) bond motifs is 1. The highest BCUT2D eigenvalue weighted by Gasteiger charge is 2.13. The average molecular weight is 370 g/mol. The average Bonchev–Trinajstić information content (AvgIpc) is 2.71. The molecule has 0 aliphatic rings. The van der Waals surface area contributed by atoms with Gasteiger partial charge in [0.2, 0.25) is 0 Å². The van der Waals surface area contributed by atoms with E-state index in [9.17, 15) is 14.0 Å². The molecule has 27 heavy (non-hydrogen) atoms. The highest BCUT2D eigenvalue weighted by molar-refractivity contribution is 5.94. The Bertz CT molecular complexity index is 985. The first-order valence-electron chi connectivity index (χ1n) is 8.83. The molecule has 4 N–H and O–H groups in total. The Labute approximate surface area is 156 Å². The van der Waals surface area contributed by atoms with Gasteiger partial charge in [0.15, 0.2) is 0 Å². The van der Waals surface area contributed by atoms with Crippen LogP contribution in [0.4, 0.5) is 4.39 Å². The molecule has 6 nitrogen and oxygen atoms in total. The second kappa shape index (κ2) is 9.59. The molecule has 1 amide bonds. The minimum atomic E-state index is -0.599. The van der Waals surface area contributed by atoms with Crippen molar-refractivity contribution in [1.29, 1.82) is 0 Å². The number of H-pyrrole nitrogens is 1. The maximum atomic E-state index is 13.9. The van der Waals surface area contributed by atoms with E-state index < -0.39 is 11.7 Å². The van der Waals surface area contributed by atoms with E-state index in [-0.39, 0.29) is 24.2 Å². The van der Waals surface area contributed by atoms with Crippen LogP contribution in [0.3, 0.4) is 0 Å². The van der Waals surface area contributed by atoms with Crippen LogP contribution in [0.15, 0.2) is 47.3 Å². The first kappa shape index (κ1) is 20.3. The fraction of sp³-hybridized carbons (Fsp3) is 0.250. The highest BCUT2D eigenvalue weighted by atomic mass is 19.1. The fourth-order valence-corrected chi connectivity index (χ4v) is 2.64. The van der Waals surface area contributed by atoms with Crippen molar-refractivity contribution in [3.8, 4) is 0 Å². The second-order valence-electron chi connectivity index (χ2n) is 5.58. The number of nitrogens with one attached hydrogen (secondary N) is 2. The molecular formula is C20H23FN4O2. The number of carbonyl (C=O) groups is 1. The van der Waals surface area contributed by atoms with Crippen LogP contribution in [0.25, 0.3) is 10.8 Å². The number of aromatic amines is 1. The van der Waals surface area contributed by atoms with E-state index in [4.69, 9.17) is 5.73 Å². The third-order valence-corrected chi connectivity index (χ3v) is 3.85. The smallest absolute Gasteiger partial charge is 0.272 e. The lowest BCUT2D eigenvalue weighted by Crippen LogP contribution is -2.29. The van der Waals surface area contributed by atoms with Crippen molar-refractivity contribution in [1.82, 2.24) is 15.5 Å². The van der Waals surface area contributed by atoms with Crippen LogP contribution in [0.1, 0.15) is 35.5 Å². The zero-order chi connectivity index (χ0) is 19.8. The lowest BCUT2D eigenvalue weighted by Gasteiger charge is -2.09. The third-order valence-electron chi connectivity index (χ3n) is 3.85. The topological polar surface area (TPSA) is 101 Å². The molecule has 142 valence electrons. The minimum absolute atomic E-state index is 0.0420. The van der Waals surface area contributed by atoms with Gasteiger partial charge in [-0.3, -0.25) is 9.59 Å². The number of halogens is 1. The first-order valence-corrected chi connectivity index (χ1v) is 8.83. The number of benzene rings is 2. The quantitative estimate of drug-likeness (QED) is 0.642. The van der Waals surface area contributed by atoms with Crippen molar-refractivity contribution >= 4 is 16.7 Å². The molecule has 0 radical (unpaired) electrons. The number of nitrogens with zero attached hydrogens (tertiary/aromatic N) is 1. The normalized spacial score (nSPS) is 10.2. The number of hydrogen-bond acceptors (Lipinski definition) is 4. The molecule has 0 spiro atoms. The van der Waals surface area contributed by atoms with Crippen LogP contribution >= 0.6 is 0 Å². The Morgan fingerprint density at radius 2 is 1.89 bits per heavy atom. The van der Waals surface area contributed by atoms with Crippen molar-refractivity contribution in [3.05, 3.63) is 75.5 Å². The minimum Gasteiger partial charge on any atom is -0.351 e. The second-order valence-corrected chi connectivity index (χ2v) is 5.58. The van der Waals surface area contributed by atoms with E-state index in [0.29, 0.717) is 23.1 Å². The van der Waals surface area contributed by atoms with Gasteiger partial charge < -0.3 is 11.1 Å². The van der Waals surface area contributed by atoms with E-state index in [1.165, 1.54) is 12.1 Å². The maximum Gasteiger partial charge on any atom is 0.272 e. The Kier molecular flexibility index (Phi) is 7.19. The third kappa shape index (κ3) is 4.77. The van der Waals surface area contributed by atoms with Gasteiger partial charge >= 0.3 is 0 Å². The molecule has 0 bridgehead atoms. The Hall–Kier alpha value is -3.06. The molecule has 3 rings (SSSR count). The summed E-state index contributed by atoms with van der Waals surface area (Å²) >= 11 is 0. The van der Waals surface area contributed by atoms with Crippen molar-refractivity contribution in [3.63, 3.8) is 0 Å². The van der Waals surface area contributed by atoms with Gasteiger partial charge in [0.25, 0.3) is 11.5 Å². The Balaban J connectivity index is 0.00000126. The predicted molar refractivity (Wildman–Crippen MR) is 104 cm³/mol. The van der Waals surface area contributed by atoms with Crippen LogP contribution in [-0.4, -0.2) is 29.2 Å². The summed E-state index contributed by atoms with van der Waals surface area (Å²) in [5.74, 6) is -1.11. The first-order chi connectivity index (χ1) is 13.1. The van der Waals surface area contributed by atoms with Gasteiger partial charge in [-0.15, -0.1) is 0 Å². The lowest BCUT2D eigenvalue weighted by atomic mass is 10.0. The molecule has 0 atom stereocenters. The molecule has 0 saturated carbocycles. The summed E-state index contributed by atoms with van der Waals surface area (Å²) in [4.78, 5) is 23.9. The van der Waals surface area contributed by atoms with Crippen LogP contribution in [0, 0.1) is 5.82 Å². The van der Waals surface area contributed by atoms with Crippen LogP contribution in [-0.2, 0) is 6.42 Å². The molecule has 2 aromatic carbocycles. The summed E-state index contributed by atoms with van der Waals surface area (Å²) in [5, 5.41) is 10.4. The Morgan fingerprint density at radius 1 is 1.19 bits per heavy atom. The summed E-state index contributed by atoms with van der Waals surface area (Å²) in [6.07, 6.45) is 0.356. The maximum absolute atomic E-state index is 13.9. The zero-order valence-corrected chi connectivity index (χ0v) is 15.4. The van der Waals surface area contributed by atoms with Crippen LogP contribution < -0.4 is 16.6 Å². The zero-order valence-electron chi connectivity index (χ0n) is 15.4. The molecule has 0 fully saturated rings. The van der Waals surface area contributed by atoms with Gasteiger partial charge in [0, 0.05) is 24.9 Å². The molecule has 1 heterocycles. The SMILES string of the molecule is CC.NCCNC(=O)c1cc(Cc2n[nH]c(=O)c3ccccc23)ccc1F. The van der Waals surface area contributed by atoms with Gasteiger partial charge in [0.1, 0.15) is 5.82 Å². The van der Waals surface area contributed by atoms with Crippen LogP contribution in [0.2, 0.25) is 0 Å². The molecule has 0 aliphatic heterocycles. The van der Waals surface area contributed by atoms with E-state index in [2.05, 4.69) is 15.5 Å². The van der Waals surface area contributed by atoms with Gasteiger partial charge in [-0.25, -0.2) is 9.49 Å². The molecule has 3 aromatic rings. The highest BCUT2D eigenvalue weighted by Crippen LogP contribution is 2.18. The van der Waals surface area contributed by atoms with Gasteiger partial charge in [-0.2, -0.15) is 5.10 Å². The largest absolute Gasteiger partial charge is 0.351 e. The number of hydrogen-bond donors (Lipinski definition) is 3. The standard InChI is InChI=1S/C18H17FN4O2.C2H6/c19-15-6-5-11(9-14(15)17(24)21-8-7-20)10-16-12-3-1-2-4-13(12)18(25)23-22-16;1-2/h1-6,9H,7-8,10,20H2,(H,21,24)(H,23,25);1-2H3. The number of aromatic nitrogens is 2. The van der Waals surface area contributed by atoms with Crippen molar-refractivity contribution in [2.45, 2.75) is 20.3 Å². The van der Waals surface area contributed by atoms with Crippen molar-refractivity contribution in [2.75, 3.05) is 13.1 Å². The number of carbonyl (C=O) groups excluding carboxylic acids is 1. The van der Waals surface area contributed by atoms with E-state index in [1.807, 2.05) is 26.0 Å². The van der Waals surface area contributed by atoms with Gasteiger partial charge in [-0.1, -0.05) is 38.1 Å². The monoisotopic (exact) mass is 370 g/mol. The number of amides is 1. The summed E-state index contributed by atoms with van der Waals surface area (Å²) in [7, 11) is 0. The summed E-state index contributed by atoms with van der Waals surface area (Å²) < 4.78 is 13.9. The summed E-state index contributed by atoms with van der Waals surface area (Å²) in [6.45, 7) is 4.55. The number of rotatable bonds is 5. The summed E-state index contributed by atoms with van der Waals surface area (Å²) in [5.41, 5.74) is 6.40. The van der Waals surface area contributed by atoms with Gasteiger partial charge in [0.05, 0.1) is 16.6 Å².